The standard InChI is InChI=1S/C18H27N3O2S/c1-13-19-15(11-24-13)10-16(22)21-9-5-8-18(2,12-21)17(23)20-14-6-3-4-7-14/h11,14H,3-10,12H2,1-2H3,(H,20,23). The van der Waals surface area contributed by atoms with Crippen molar-refractivity contribution in [1.29, 1.82) is 0 Å². The molecule has 2 fully saturated rings. The molecule has 1 N–H and O–H groups in total. The molecule has 132 valence electrons. The van der Waals surface area contributed by atoms with Gasteiger partial charge < -0.3 is 10.2 Å². The molecule has 0 bridgehead atoms. The molecule has 1 aliphatic carbocycles. The second-order valence-electron chi connectivity index (χ2n) is 7.47. The number of aromatic nitrogens is 1. The Morgan fingerprint density at radius 1 is 1.38 bits per heavy atom. The highest BCUT2D eigenvalue weighted by Crippen LogP contribution is 2.31. The molecule has 0 spiro atoms. The topological polar surface area (TPSA) is 62.3 Å². The third-order valence-corrected chi connectivity index (χ3v) is 6.11. The predicted molar refractivity (Wildman–Crippen MR) is 94.9 cm³/mol. The highest BCUT2D eigenvalue weighted by atomic mass is 32.1. The first-order valence-electron chi connectivity index (χ1n) is 8.96. The number of likely N-dealkylation sites (tertiary alicyclic amines) is 1. The van der Waals surface area contributed by atoms with Gasteiger partial charge in [0.2, 0.25) is 11.8 Å². The van der Waals surface area contributed by atoms with Gasteiger partial charge in [0.1, 0.15) is 0 Å². The second kappa shape index (κ2) is 7.21. The zero-order valence-corrected chi connectivity index (χ0v) is 15.5. The van der Waals surface area contributed by atoms with Gasteiger partial charge in [-0.3, -0.25) is 9.59 Å². The van der Waals surface area contributed by atoms with Crippen LogP contribution in [0.1, 0.15) is 56.2 Å². The summed E-state index contributed by atoms with van der Waals surface area (Å²) in [6.07, 6.45) is 6.67. The summed E-state index contributed by atoms with van der Waals surface area (Å²) in [5.74, 6) is 0.205. The first-order chi connectivity index (χ1) is 11.5. The van der Waals surface area contributed by atoms with Gasteiger partial charge in [-0.2, -0.15) is 0 Å². The van der Waals surface area contributed by atoms with Gasteiger partial charge in [-0.25, -0.2) is 4.98 Å². The smallest absolute Gasteiger partial charge is 0.228 e. The van der Waals surface area contributed by atoms with E-state index < -0.39 is 5.41 Å². The minimum atomic E-state index is -0.464. The molecule has 0 aromatic carbocycles. The Hall–Kier alpha value is -1.43. The number of piperidine rings is 1. The summed E-state index contributed by atoms with van der Waals surface area (Å²) < 4.78 is 0. The molecule has 1 atom stereocenters. The number of aryl methyl sites for hydroxylation is 1. The number of rotatable bonds is 4. The number of hydrogen-bond acceptors (Lipinski definition) is 4. The number of nitrogens with one attached hydrogen (secondary N) is 1. The monoisotopic (exact) mass is 349 g/mol. The van der Waals surface area contributed by atoms with Crippen LogP contribution in [-0.2, 0) is 16.0 Å². The normalized spacial score (nSPS) is 25.0. The summed E-state index contributed by atoms with van der Waals surface area (Å²) in [6.45, 7) is 5.22. The summed E-state index contributed by atoms with van der Waals surface area (Å²) in [5.41, 5.74) is 0.374. The van der Waals surface area contributed by atoms with Gasteiger partial charge in [-0.05, 0) is 39.5 Å². The lowest BCUT2D eigenvalue weighted by molar-refractivity contribution is -0.140. The molecule has 0 radical (unpaired) electrons. The lowest BCUT2D eigenvalue weighted by Gasteiger charge is -2.39. The average molecular weight is 350 g/mol. The lowest BCUT2D eigenvalue weighted by atomic mass is 9.80. The number of carbonyl (C=O) groups excluding carboxylic acids is 2. The van der Waals surface area contributed by atoms with Crippen molar-refractivity contribution in [2.45, 2.75) is 64.8 Å². The molecular formula is C18H27N3O2S. The third kappa shape index (κ3) is 3.97. The van der Waals surface area contributed by atoms with E-state index in [4.69, 9.17) is 0 Å². The Morgan fingerprint density at radius 3 is 2.79 bits per heavy atom. The zero-order chi connectivity index (χ0) is 17.2. The van der Waals surface area contributed by atoms with E-state index in [9.17, 15) is 9.59 Å². The maximum absolute atomic E-state index is 12.7. The highest BCUT2D eigenvalue weighted by Gasteiger charge is 2.40. The van der Waals surface area contributed by atoms with E-state index in [0.717, 1.165) is 42.9 Å². The van der Waals surface area contributed by atoms with Crippen molar-refractivity contribution in [2.24, 2.45) is 5.41 Å². The Labute approximate surface area is 147 Å². The molecule has 1 aromatic rings. The lowest BCUT2D eigenvalue weighted by Crippen LogP contribution is -2.53. The van der Waals surface area contributed by atoms with E-state index in [2.05, 4.69) is 10.3 Å². The summed E-state index contributed by atoms with van der Waals surface area (Å²) in [5, 5.41) is 6.15. The molecule has 1 saturated heterocycles. The Morgan fingerprint density at radius 2 is 2.12 bits per heavy atom. The molecule has 2 heterocycles. The molecule has 3 rings (SSSR count). The molecule has 2 aliphatic rings. The second-order valence-corrected chi connectivity index (χ2v) is 8.53. The summed E-state index contributed by atoms with van der Waals surface area (Å²) in [7, 11) is 0. The van der Waals surface area contributed by atoms with Gasteiger partial charge in [0, 0.05) is 24.5 Å². The van der Waals surface area contributed by atoms with E-state index >= 15 is 0 Å². The van der Waals surface area contributed by atoms with Crippen molar-refractivity contribution < 1.29 is 9.59 Å². The Balaban J connectivity index is 1.59. The molecule has 2 amide bonds. The minimum Gasteiger partial charge on any atom is -0.353 e. The van der Waals surface area contributed by atoms with Gasteiger partial charge in [-0.1, -0.05) is 12.8 Å². The fourth-order valence-corrected chi connectivity index (χ4v) is 4.44. The fourth-order valence-electron chi connectivity index (χ4n) is 3.82. The van der Waals surface area contributed by atoms with Crippen LogP contribution in [0.25, 0.3) is 0 Å². The average Bonchev–Trinajstić information content (AvgIpc) is 3.19. The van der Waals surface area contributed by atoms with Crippen molar-refractivity contribution in [1.82, 2.24) is 15.2 Å². The van der Waals surface area contributed by atoms with Crippen LogP contribution in [0.4, 0.5) is 0 Å². The van der Waals surface area contributed by atoms with Crippen LogP contribution >= 0.6 is 11.3 Å². The number of amides is 2. The van der Waals surface area contributed by atoms with Crippen LogP contribution in [0.15, 0.2) is 5.38 Å². The van der Waals surface area contributed by atoms with Crippen molar-refractivity contribution in [3.8, 4) is 0 Å². The highest BCUT2D eigenvalue weighted by molar-refractivity contribution is 7.09. The van der Waals surface area contributed by atoms with Gasteiger partial charge in [0.15, 0.2) is 0 Å². The molecule has 1 saturated carbocycles. The van der Waals surface area contributed by atoms with Crippen LogP contribution < -0.4 is 5.32 Å². The van der Waals surface area contributed by atoms with E-state index in [0.29, 0.717) is 19.0 Å². The summed E-state index contributed by atoms with van der Waals surface area (Å²) in [4.78, 5) is 31.6. The third-order valence-electron chi connectivity index (χ3n) is 5.29. The molecule has 1 aromatic heterocycles. The van der Waals surface area contributed by atoms with Gasteiger partial charge in [-0.15, -0.1) is 11.3 Å². The van der Waals surface area contributed by atoms with Crippen LogP contribution in [0.5, 0.6) is 0 Å². The van der Waals surface area contributed by atoms with E-state index in [1.165, 1.54) is 12.8 Å². The number of nitrogens with zero attached hydrogens (tertiary/aromatic N) is 2. The first kappa shape index (κ1) is 17.4. The Kier molecular flexibility index (Phi) is 5.23. The molecule has 1 unspecified atom stereocenters. The van der Waals surface area contributed by atoms with E-state index in [1.807, 2.05) is 24.1 Å². The van der Waals surface area contributed by atoms with Crippen LogP contribution in [-0.4, -0.2) is 40.8 Å². The van der Waals surface area contributed by atoms with Crippen molar-refractivity contribution in [3.05, 3.63) is 16.1 Å². The van der Waals surface area contributed by atoms with Gasteiger partial charge in [0.05, 0.1) is 22.5 Å². The first-order valence-corrected chi connectivity index (χ1v) is 9.84. The van der Waals surface area contributed by atoms with Gasteiger partial charge in [0.25, 0.3) is 0 Å². The number of carbonyl (C=O) groups is 2. The zero-order valence-electron chi connectivity index (χ0n) is 14.6. The molecule has 24 heavy (non-hydrogen) atoms. The maximum atomic E-state index is 12.7. The molecule has 5 nitrogen and oxygen atoms in total. The number of hydrogen-bond donors (Lipinski definition) is 1. The molecular weight excluding hydrogens is 322 g/mol. The maximum Gasteiger partial charge on any atom is 0.228 e. The summed E-state index contributed by atoms with van der Waals surface area (Å²) in [6, 6.07) is 0.332. The largest absolute Gasteiger partial charge is 0.353 e. The van der Waals surface area contributed by atoms with Crippen molar-refractivity contribution in [2.75, 3.05) is 13.1 Å². The van der Waals surface area contributed by atoms with E-state index in [1.54, 1.807) is 11.3 Å². The van der Waals surface area contributed by atoms with Crippen LogP contribution in [0.3, 0.4) is 0 Å². The molecule has 1 aliphatic heterocycles. The number of thiazole rings is 1. The van der Waals surface area contributed by atoms with Gasteiger partial charge >= 0.3 is 0 Å². The predicted octanol–water partition coefficient (Wildman–Crippen LogP) is 2.68. The van der Waals surface area contributed by atoms with Crippen molar-refractivity contribution >= 4 is 23.2 Å². The quantitative estimate of drug-likeness (QED) is 0.909. The van der Waals surface area contributed by atoms with Crippen molar-refractivity contribution in [3.63, 3.8) is 0 Å². The SMILES string of the molecule is Cc1nc(CC(=O)N2CCCC(C)(C(=O)NC3CCCC3)C2)cs1. The van der Waals surface area contributed by atoms with Crippen LogP contribution in [0.2, 0.25) is 0 Å². The van der Waals surface area contributed by atoms with Crippen LogP contribution in [0, 0.1) is 12.3 Å². The fraction of sp³-hybridized carbons (Fsp3) is 0.722. The Bertz CT molecular complexity index is 609. The molecule has 6 heteroatoms. The summed E-state index contributed by atoms with van der Waals surface area (Å²) >= 11 is 1.57. The minimum absolute atomic E-state index is 0.0832. The van der Waals surface area contributed by atoms with E-state index in [-0.39, 0.29) is 11.8 Å².